The topological polar surface area (TPSA) is 135 Å². The number of benzene rings is 1. The van der Waals surface area contributed by atoms with Crippen molar-refractivity contribution < 1.29 is 39.1 Å². The van der Waals surface area contributed by atoms with Crippen LogP contribution in [0.4, 0.5) is 5.69 Å². The number of carbonyl (C=O) groups excluding carboxylic acids is 1. The van der Waals surface area contributed by atoms with Gasteiger partial charge in [0.2, 0.25) is 6.29 Å². The number of rotatable bonds is 6. The fourth-order valence-corrected chi connectivity index (χ4v) is 2.37. The molecule has 0 saturated carbocycles. The number of nitrogens with one attached hydrogen (secondary N) is 1. The van der Waals surface area contributed by atoms with Crippen molar-refractivity contribution >= 4 is 17.6 Å². The summed E-state index contributed by atoms with van der Waals surface area (Å²) in [7, 11) is 1.64. The molecule has 1 unspecified atom stereocenters. The summed E-state index contributed by atoms with van der Waals surface area (Å²) in [4.78, 5) is 21.9. The molecule has 4 atom stereocenters. The first-order chi connectivity index (χ1) is 14.8. The summed E-state index contributed by atoms with van der Waals surface area (Å²) in [6.07, 6.45) is -5.50. The zero-order valence-electron chi connectivity index (χ0n) is 19.3. The fraction of sp³-hybridized carbons (Fsp3) is 0.545. The Morgan fingerprint density at radius 3 is 2.26 bits per heavy atom. The van der Waals surface area contributed by atoms with E-state index in [1.165, 1.54) is 6.92 Å². The number of carbonyl (C=O) groups is 2. The molecule has 0 spiro atoms. The highest BCUT2D eigenvalue weighted by Gasteiger charge is 2.41. The van der Waals surface area contributed by atoms with Crippen LogP contribution in [0.5, 0.6) is 5.75 Å². The third kappa shape index (κ3) is 10.3. The van der Waals surface area contributed by atoms with Gasteiger partial charge in [0.1, 0.15) is 18.5 Å². The molecule has 9 heteroatoms. The lowest BCUT2D eigenvalue weighted by Crippen LogP contribution is -2.52. The minimum Gasteiger partial charge on any atom is -0.479 e. The molecule has 2 rings (SSSR count). The number of carboxylic acids is 1. The van der Waals surface area contributed by atoms with Gasteiger partial charge in [0, 0.05) is 20.4 Å². The lowest BCUT2D eigenvalue weighted by molar-refractivity contribution is -0.238. The summed E-state index contributed by atoms with van der Waals surface area (Å²) in [5.41, 5.74) is 1.23. The molecule has 1 fully saturated rings. The van der Waals surface area contributed by atoms with E-state index in [0.29, 0.717) is 11.3 Å². The number of aliphatic hydroxyl groups is 2. The summed E-state index contributed by atoms with van der Waals surface area (Å²) < 4.78 is 15.7. The molecule has 178 valence electrons. The van der Waals surface area contributed by atoms with Crippen LogP contribution in [-0.2, 0) is 25.7 Å². The van der Waals surface area contributed by atoms with Gasteiger partial charge in [-0.25, -0.2) is 4.79 Å². The molecule has 1 aliphatic heterocycles. The molecule has 0 bridgehead atoms. The summed E-state index contributed by atoms with van der Waals surface area (Å²) >= 11 is 0. The second kappa shape index (κ2) is 17.1. The number of ether oxygens (including phenoxy) is 3. The van der Waals surface area contributed by atoms with E-state index in [-0.39, 0.29) is 18.8 Å². The average molecular weight is 444 g/mol. The molecule has 4 N–H and O–H groups in total. The van der Waals surface area contributed by atoms with E-state index < -0.39 is 36.5 Å². The molecule has 1 aliphatic rings. The van der Waals surface area contributed by atoms with Crippen LogP contribution in [0.3, 0.4) is 0 Å². The number of carboxylic acid groups (broad SMARTS) is 1. The number of hydrogen-bond acceptors (Lipinski definition) is 8. The molecule has 0 aromatic heterocycles. The molecule has 0 amide bonds. The first kappa shape index (κ1) is 30.6. The third-order valence-corrected chi connectivity index (χ3v) is 3.70. The molecule has 1 aromatic rings. The van der Waals surface area contributed by atoms with Gasteiger partial charge < -0.3 is 34.8 Å². The van der Waals surface area contributed by atoms with Crippen molar-refractivity contribution in [3.05, 3.63) is 36.9 Å². The zero-order chi connectivity index (χ0) is 24.6. The van der Waals surface area contributed by atoms with E-state index in [4.69, 9.17) is 19.3 Å². The lowest BCUT2D eigenvalue weighted by Gasteiger charge is -2.35. The number of aliphatic carboxylic acids is 1. The van der Waals surface area contributed by atoms with Crippen LogP contribution in [0.1, 0.15) is 46.6 Å². The Labute approximate surface area is 184 Å². The number of anilines is 1. The van der Waals surface area contributed by atoms with Crippen LogP contribution in [0.15, 0.2) is 31.4 Å². The van der Waals surface area contributed by atoms with Gasteiger partial charge in [-0.05, 0) is 17.7 Å². The Morgan fingerprint density at radius 1 is 1.19 bits per heavy atom. The Balaban J connectivity index is 0. The highest BCUT2D eigenvalue weighted by molar-refractivity contribution is 5.72. The molecule has 1 saturated heterocycles. The molecule has 31 heavy (non-hydrogen) atoms. The van der Waals surface area contributed by atoms with Gasteiger partial charge >= 0.3 is 11.9 Å². The van der Waals surface area contributed by atoms with Crippen LogP contribution in [0.2, 0.25) is 0 Å². The van der Waals surface area contributed by atoms with Gasteiger partial charge in [0.25, 0.3) is 0 Å². The first-order valence-electron chi connectivity index (χ1n) is 10.2. The van der Waals surface area contributed by atoms with Gasteiger partial charge in [-0.15, -0.1) is 13.2 Å². The van der Waals surface area contributed by atoms with Crippen molar-refractivity contribution in [3.63, 3.8) is 0 Å². The van der Waals surface area contributed by atoms with E-state index in [1.807, 2.05) is 27.7 Å². The van der Waals surface area contributed by atoms with Crippen molar-refractivity contribution in [3.8, 4) is 5.75 Å². The summed E-state index contributed by atoms with van der Waals surface area (Å²) in [5, 5.41) is 31.7. The maximum atomic E-state index is 11.1. The largest absolute Gasteiger partial charge is 0.479 e. The minimum atomic E-state index is -1.39. The highest BCUT2D eigenvalue weighted by Crippen LogP contribution is 2.30. The smallest absolute Gasteiger partial charge is 0.333 e. The summed E-state index contributed by atoms with van der Waals surface area (Å²) in [5.74, 6) is -1.36. The second-order valence-corrected chi connectivity index (χ2v) is 5.60. The Bertz CT molecular complexity index is 652. The fourth-order valence-electron chi connectivity index (χ4n) is 2.37. The lowest BCUT2D eigenvalue weighted by atomic mass is 10.0. The predicted octanol–water partition coefficient (Wildman–Crippen LogP) is 2.95. The average Bonchev–Trinajstić information content (AvgIpc) is 2.79. The van der Waals surface area contributed by atoms with Crippen molar-refractivity contribution in [2.75, 3.05) is 12.4 Å². The van der Waals surface area contributed by atoms with Gasteiger partial charge in [-0.1, -0.05) is 33.8 Å². The SMILES string of the molecule is C=C.CC.CC.CNc1cc(COC(C)=O)ccc1O[C@@H]1OC(C(=O)O)C[C@H](O)[C@H]1O. The van der Waals surface area contributed by atoms with Gasteiger partial charge in [0.05, 0.1) is 11.8 Å². The highest BCUT2D eigenvalue weighted by atomic mass is 16.7. The molecule has 1 aromatic carbocycles. The Kier molecular flexibility index (Phi) is 16.9. The standard InChI is InChI=1S/C16H21NO8.2C2H6.C2H4/c1-8(18)23-7-9-3-4-12(10(5-9)17-2)24-16-14(20)11(19)6-13(25-16)15(21)22;3*1-2/h3-5,11,13-14,16-17,19-20H,6-7H2,1-2H3,(H,21,22);2*1-2H3;1-2H2/t11-,13?,14+,16+;;;/m0.../s1. The molecule has 1 heterocycles. The number of aliphatic hydroxyl groups excluding tert-OH is 2. The predicted molar refractivity (Wildman–Crippen MR) is 119 cm³/mol. The van der Waals surface area contributed by atoms with Crippen LogP contribution < -0.4 is 10.1 Å². The summed E-state index contributed by atoms with van der Waals surface area (Å²) in [6, 6.07) is 4.90. The molecule has 9 nitrogen and oxygen atoms in total. The first-order valence-corrected chi connectivity index (χ1v) is 10.2. The van der Waals surface area contributed by atoms with Gasteiger partial charge in [0.15, 0.2) is 6.10 Å². The van der Waals surface area contributed by atoms with Crippen LogP contribution in [0, 0.1) is 0 Å². The van der Waals surface area contributed by atoms with Crippen molar-refractivity contribution in [2.24, 2.45) is 0 Å². The molecule has 0 aliphatic carbocycles. The quantitative estimate of drug-likeness (QED) is 0.386. The van der Waals surface area contributed by atoms with Crippen molar-refractivity contribution in [1.82, 2.24) is 0 Å². The zero-order valence-corrected chi connectivity index (χ0v) is 19.3. The van der Waals surface area contributed by atoms with Gasteiger partial charge in [-0.3, -0.25) is 4.79 Å². The van der Waals surface area contributed by atoms with Crippen molar-refractivity contribution in [2.45, 2.75) is 72.2 Å². The minimum absolute atomic E-state index is 0.0899. The van der Waals surface area contributed by atoms with Crippen LogP contribution in [0.25, 0.3) is 0 Å². The van der Waals surface area contributed by atoms with E-state index in [1.54, 1.807) is 25.2 Å². The van der Waals surface area contributed by atoms with E-state index in [9.17, 15) is 19.8 Å². The Morgan fingerprint density at radius 2 is 1.77 bits per heavy atom. The van der Waals surface area contributed by atoms with Crippen molar-refractivity contribution in [1.29, 1.82) is 0 Å². The monoisotopic (exact) mass is 443 g/mol. The van der Waals surface area contributed by atoms with E-state index in [2.05, 4.69) is 18.5 Å². The third-order valence-electron chi connectivity index (χ3n) is 3.70. The molecule has 0 radical (unpaired) electrons. The van der Waals surface area contributed by atoms with Gasteiger partial charge in [-0.2, -0.15) is 0 Å². The maximum absolute atomic E-state index is 11.1. The maximum Gasteiger partial charge on any atom is 0.333 e. The Hall–Kier alpha value is -2.62. The van der Waals surface area contributed by atoms with E-state index in [0.717, 1.165) is 0 Å². The van der Waals surface area contributed by atoms with Crippen LogP contribution in [-0.4, -0.2) is 58.9 Å². The second-order valence-electron chi connectivity index (χ2n) is 5.60. The molecular formula is C22H37NO8. The molecular weight excluding hydrogens is 406 g/mol. The van der Waals surface area contributed by atoms with Crippen LogP contribution >= 0.6 is 0 Å². The number of esters is 1. The summed E-state index contributed by atoms with van der Waals surface area (Å²) in [6.45, 7) is 15.4. The normalized spacial score (nSPS) is 21.4. The number of hydrogen-bond donors (Lipinski definition) is 4. The van der Waals surface area contributed by atoms with E-state index >= 15 is 0 Å².